The number of benzene rings is 1. The van der Waals surface area contributed by atoms with E-state index in [0.717, 1.165) is 25.7 Å². The monoisotopic (exact) mass is 282 g/mol. The van der Waals surface area contributed by atoms with Gasteiger partial charge < -0.3 is 15.7 Å². The highest BCUT2D eigenvalue weighted by atomic mass is 35.5. The number of aliphatic hydroxyl groups excluding tert-OH is 1. The first-order chi connectivity index (χ1) is 9.13. The van der Waals surface area contributed by atoms with Crippen LogP contribution >= 0.6 is 11.6 Å². The third kappa shape index (κ3) is 3.85. The van der Waals surface area contributed by atoms with E-state index in [1.54, 1.807) is 24.3 Å². The van der Waals surface area contributed by atoms with Crippen LogP contribution in [0.4, 0.5) is 10.5 Å². The fraction of sp³-hybridized carbons (Fsp3) is 0.500. The second-order valence-electron chi connectivity index (χ2n) is 5.18. The number of carbonyl (C=O) groups is 1. The van der Waals surface area contributed by atoms with Crippen molar-refractivity contribution >= 4 is 23.3 Å². The Morgan fingerprint density at radius 3 is 2.74 bits per heavy atom. The number of rotatable bonds is 4. The fourth-order valence-corrected chi connectivity index (χ4v) is 2.72. The van der Waals surface area contributed by atoms with Crippen LogP contribution in [0, 0.1) is 5.41 Å². The van der Waals surface area contributed by atoms with Gasteiger partial charge >= 0.3 is 6.03 Å². The largest absolute Gasteiger partial charge is 0.396 e. The quantitative estimate of drug-likeness (QED) is 0.795. The van der Waals surface area contributed by atoms with Crippen molar-refractivity contribution in [1.29, 1.82) is 0 Å². The van der Waals surface area contributed by atoms with Crippen LogP contribution in [-0.4, -0.2) is 24.3 Å². The molecular weight excluding hydrogens is 264 g/mol. The molecule has 1 aromatic rings. The second-order valence-corrected chi connectivity index (χ2v) is 5.62. The van der Waals surface area contributed by atoms with Gasteiger partial charge in [0.25, 0.3) is 0 Å². The molecule has 104 valence electrons. The first kappa shape index (κ1) is 14.2. The maximum Gasteiger partial charge on any atom is 0.319 e. The number of halogens is 1. The summed E-state index contributed by atoms with van der Waals surface area (Å²) in [6.45, 7) is 0.639. The third-order valence-corrected chi connectivity index (χ3v) is 3.94. The molecular formula is C14H19ClN2O2. The summed E-state index contributed by atoms with van der Waals surface area (Å²) in [5.41, 5.74) is 0.528. The Kier molecular flexibility index (Phi) is 4.66. The van der Waals surface area contributed by atoms with Crippen LogP contribution in [0.1, 0.15) is 25.7 Å². The minimum Gasteiger partial charge on any atom is -0.396 e. The molecule has 2 amide bonds. The molecule has 19 heavy (non-hydrogen) atoms. The molecule has 0 saturated heterocycles. The first-order valence-corrected chi connectivity index (χ1v) is 6.93. The zero-order chi connectivity index (χ0) is 13.7. The molecule has 5 heteroatoms. The highest BCUT2D eigenvalue weighted by Crippen LogP contribution is 2.36. The molecule has 0 aromatic heterocycles. The van der Waals surface area contributed by atoms with Crippen molar-refractivity contribution in [2.24, 2.45) is 5.41 Å². The Morgan fingerprint density at radius 1 is 1.37 bits per heavy atom. The summed E-state index contributed by atoms with van der Waals surface area (Å²) in [6, 6.07) is 6.75. The van der Waals surface area contributed by atoms with Crippen LogP contribution in [0.2, 0.25) is 5.02 Å². The van der Waals surface area contributed by atoms with Crippen LogP contribution in [0.25, 0.3) is 0 Å². The molecule has 1 aromatic carbocycles. The summed E-state index contributed by atoms with van der Waals surface area (Å²) in [5, 5.41) is 15.6. The molecule has 0 unspecified atom stereocenters. The number of anilines is 1. The van der Waals surface area contributed by atoms with Crippen molar-refractivity contribution in [2.75, 3.05) is 18.5 Å². The minimum absolute atomic E-state index is 0.129. The molecule has 3 N–H and O–H groups in total. The smallest absolute Gasteiger partial charge is 0.319 e. The molecule has 0 radical (unpaired) electrons. The molecule has 2 rings (SSSR count). The summed E-state index contributed by atoms with van der Waals surface area (Å²) < 4.78 is 0. The first-order valence-electron chi connectivity index (χ1n) is 6.55. The summed E-state index contributed by atoms with van der Waals surface area (Å²) in [4.78, 5) is 11.8. The summed E-state index contributed by atoms with van der Waals surface area (Å²) in [6.07, 6.45) is 4.19. The highest BCUT2D eigenvalue weighted by Gasteiger charge is 2.33. The Bertz CT molecular complexity index is 445. The van der Waals surface area contributed by atoms with Crippen LogP contribution in [-0.2, 0) is 0 Å². The average molecular weight is 283 g/mol. The number of nitrogens with one attached hydrogen (secondary N) is 2. The molecule has 1 aliphatic carbocycles. The summed E-state index contributed by atoms with van der Waals surface area (Å²) in [5.74, 6) is 0. The van der Waals surface area contributed by atoms with E-state index >= 15 is 0 Å². The van der Waals surface area contributed by atoms with E-state index in [2.05, 4.69) is 10.6 Å². The van der Waals surface area contributed by atoms with Gasteiger partial charge in [0.2, 0.25) is 0 Å². The number of hydrogen-bond acceptors (Lipinski definition) is 2. The van der Waals surface area contributed by atoms with Crippen molar-refractivity contribution in [2.45, 2.75) is 25.7 Å². The van der Waals surface area contributed by atoms with Gasteiger partial charge in [0.05, 0.1) is 6.61 Å². The van der Waals surface area contributed by atoms with Crippen LogP contribution in [0.5, 0.6) is 0 Å². The van der Waals surface area contributed by atoms with E-state index in [0.29, 0.717) is 17.3 Å². The van der Waals surface area contributed by atoms with Crippen LogP contribution in [0.3, 0.4) is 0 Å². The maximum absolute atomic E-state index is 11.8. The Balaban J connectivity index is 1.84. The molecule has 0 atom stereocenters. The van der Waals surface area contributed by atoms with Crippen LogP contribution in [0.15, 0.2) is 24.3 Å². The lowest BCUT2D eigenvalue weighted by molar-refractivity contribution is 0.130. The number of hydrogen-bond donors (Lipinski definition) is 3. The molecule has 1 aliphatic rings. The number of amides is 2. The topological polar surface area (TPSA) is 61.4 Å². The molecule has 1 saturated carbocycles. The van der Waals surface area contributed by atoms with Gasteiger partial charge in [0, 0.05) is 22.7 Å². The fourth-order valence-electron chi connectivity index (χ4n) is 2.53. The zero-order valence-electron chi connectivity index (χ0n) is 10.8. The number of aliphatic hydroxyl groups is 1. The SMILES string of the molecule is O=C(NCC1(CO)CCCC1)Nc1cccc(Cl)c1. The zero-order valence-corrected chi connectivity index (χ0v) is 11.5. The molecule has 0 bridgehead atoms. The lowest BCUT2D eigenvalue weighted by Gasteiger charge is -2.26. The summed E-state index contributed by atoms with van der Waals surface area (Å²) in [7, 11) is 0. The van der Waals surface area contributed by atoms with Gasteiger partial charge in [-0.05, 0) is 31.0 Å². The summed E-state index contributed by atoms with van der Waals surface area (Å²) >= 11 is 5.85. The van der Waals surface area contributed by atoms with E-state index in [-0.39, 0.29) is 18.1 Å². The number of urea groups is 1. The predicted octanol–water partition coefficient (Wildman–Crippen LogP) is 3.01. The standard InChI is InChI=1S/C14H19ClN2O2/c15-11-4-3-5-12(8-11)17-13(19)16-9-14(10-18)6-1-2-7-14/h3-5,8,18H,1-2,6-7,9-10H2,(H2,16,17,19). The van der Waals surface area contributed by atoms with Crippen molar-refractivity contribution in [1.82, 2.24) is 5.32 Å². The van der Waals surface area contributed by atoms with Crippen LogP contribution < -0.4 is 10.6 Å². The highest BCUT2D eigenvalue weighted by molar-refractivity contribution is 6.30. The predicted molar refractivity (Wildman–Crippen MR) is 76.5 cm³/mol. The van der Waals surface area contributed by atoms with Gasteiger partial charge in [0.1, 0.15) is 0 Å². The van der Waals surface area contributed by atoms with Gasteiger partial charge in [-0.3, -0.25) is 0 Å². The Labute approximate surface area is 118 Å². The lowest BCUT2D eigenvalue weighted by Crippen LogP contribution is -2.40. The molecule has 1 fully saturated rings. The van der Waals surface area contributed by atoms with Gasteiger partial charge in [-0.1, -0.05) is 30.5 Å². The van der Waals surface area contributed by atoms with Crippen molar-refractivity contribution < 1.29 is 9.90 Å². The van der Waals surface area contributed by atoms with Gasteiger partial charge in [0.15, 0.2) is 0 Å². The van der Waals surface area contributed by atoms with Crippen molar-refractivity contribution in [3.8, 4) is 0 Å². The van der Waals surface area contributed by atoms with Crippen molar-refractivity contribution in [3.63, 3.8) is 0 Å². The van der Waals surface area contributed by atoms with Gasteiger partial charge in [-0.15, -0.1) is 0 Å². The van der Waals surface area contributed by atoms with E-state index in [1.807, 2.05) is 0 Å². The van der Waals surface area contributed by atoms with Crippen molar-refractivity contribution in [3.05, 3.63) is 29.3 Å². The van der Waals surface area contributed by atoms with E-state index in [1.165, 1.54) is 0 Å². The molecule has 0 aliphatic heterocycles. The number of carbonyl (C=O) groups excluding carboxylic acids is 1. The third-order valence-electron chi connectivity index (χ3n) is 3.71. The molecule has 4 nitrogen and oxygen atoms in total. The molecule has 0 spiro atoms. The average Bonchev–Trinajstić information content (AvgIpc) is 2.86. The van der Waals surface area contributed by atoms with Gasteiger partial charge in [-0.2, -0.15) is 0 Å². The Hall–Kier alpha value is -1.26. The van der Waals surface area contributed by atoms with E-state index in [4.69, 9.17) is 11.6 Å². The lowest BCUT2D eigenvalue weighted by atomic mass is 9.87. The normalized spacial score (nSPS) is 17.2. The maximum atomic E-state index is 11.8. The van der Waals surface area contributed by atoms with Gasteiger partial charge in [-0.25, -0.2) is 4.79 Å². The Morgan fingerprint density at radius 2 is 2.11 bits per heavy atom. The minimum atomic E-state index is -0.262. The second kappa shape index (κ2) is 6.26. The van der Waals surface area contributed by atoms with E-state index in [9.17, 15) is 9.90 Å². The molecule has 0 heterocycles. The van der Waals surface area contributed by atoms with E-state index < -0.39 is 0 Å².